The number of carboxylic acid groups (broad SMARTS) is 1. The molecule has 1 heterocycles. The molecular formula is C8H12O4. The largest absolute Gasteiger partial charge is 0.481 e. The maximum Gasteiger partial charge on any atom is 0.311 e. The monoisotopic (exact) mass is 172 g/mol. The summed E-state index contributed by atoms with van der Waals surface area (Å²) in [6, 6.07) is 0. The SMILES string of the molecule is O=C(O)[C@@H]1CCCC12OCCO2. The van der Waals surface area contributed by atoms with Crippen LogP contribution in [0.5, 0.6) is 0 Å². The second-order valence-corrected chi connectivity index (χ2v) is 3.29. The lowest BCUT2D eigenvalue weighted by Gasteiger charge is -2.26. The van der Waals surface area contributed by atoms with Crippen LogP contribution in [0.1, 0.15) is 19.3 Å². The third-order valence-corrected chi connectivity index (χ3v) is 2.62. The Morgan fingerprint density at radius 2 is 2.08 bits per heavy atom. The van der Waals surface area contributed by atoms with Crippen molar-refractivity contribution in [2.45, 2.75) is 25.0 Å². The molecule has 68 valence electrons. The molecule has 12 heavy (non-hydrogen) atoms. The summed E-state index contributed by atoms with van der Waals surface area (Å²) in [4.78, 5) is 10.8. The highest BCUT2D eigenvalue weighted by Crippen LogP contribution is 2.42. The van der Waals surface area contributed by atoms with E-state index in [-0.39, 0.29) is 0 Å². The molecule has 1 aliphatic heterocycles. The Labute approximate surface area is 70.5 Å². The highest BCUT2D eigenvalue weighted by atomic mass is 16.7. The van der Waals surface area contributed by atoms with Gasteiger partial charge in [0.1, 0.15) is 5.92 Å². The summed E-state index contributed by atoms with van der Waals surface area (Å²) in [5.74, 6) is -2.03. The minimum atomic E-state index is -0.797. The van der Waals surface area contributed by atoms with E-state index in [1.807, 2.05) is 0 Å². The van der Waals surface area contributed by atoms with Crippen LogP contribution in [0, 0.1) is 5.92 Å². The van der Waals surface area contributed by atoms with E-state index in [1.165, 1.54) is 0 Å². The Balaban J connectivity index is 2.17. The Morgan fingerprint density at radius 3 is 2.67 bits per heavy atom. The van der Waals surface area contributed by atoms with Crippen LogP contribution >= 0.6 is 0 Å². The second-order valence-electron chi connectivity index (χ2n) is 3.29. The molecule has 2 aliphatic rings. The molecule has 1 aliphatic carbocycles. The van der Waals surface area contributed by atoms with Gasteiger partial charge >= 0.3 is 5.97 Å². The van der Waals surface area contributed by atoms with Crippen molar-refractivity contribution in [2.75, 3.05) is 13.2 Å². The van der Waals surface area contributed by atoms with Crippen LogP contribution in [0.2, 0.25) is 0 Å². The fourth-order valence-corrected chi connectivity index (χ4v) is 2.07. The maximum atomic E-state index is 10.8. The van der Waals surface area contributed by atoms with E-state index in [0.29, 0.717) is 19.6 Å². The van der Waals surface area contributed by atoms with Gasteiger partial charge in [0.15, 0.2) is 5.79 Å². The van der Waals surface area contributed by atoms with E-state index >= 15 is 0 Å². The summed E-state index contributed by atoms with van der Waals surface area (Å²) in [6.07, 6.45) is 2.29. The van der Waals surface area contributed by atoms with Gasteiger partial charge in [-0.05, 0) is 12.8 Å². The zero-order chi connectivity index (χ0) is 8.60. The molecule has 1 saturated carbocycles. The minimum Gasteiger partial charge on any atom is -0.481 e. The molecule has 0 aromatic carbocycles. The van der Waals surface area contributed by atoms with Crippen molar-refractivity contribution in [3.63, 3.8) is 0 Å². The highest BCUT2D eigenvalue weighted by molar-refractivity contribution is 5.71. The molecule has 0 amide bonds. The van der Waals surface area contributed by atoms with E-state index in [1.54, 1.807) is 0 Å². The van der Waals surface area contributed by atoms with E-state index in [0.717, 1.165) is 12.8 Å². The fraction of sp³-hybridized carbons (Fsp3) is 0.875. The first-order chi connectivity index (χ1) is 5.75. The third kappa shape index (κ3) is 1.03. The Kier molecular flexibility index (Phi) is 1.81. The standard InChI is InChI=1S/C8H12O4/c9-7(10)6-2-1-3-8(6)11-4-5-12-8/h6H,1-5H2,(H,9,10)/t6-/m0/s1. The first-order valence-corrected chi connectivity index (χ1v) is 4.25. The molecule has 0 unspecified atom stereocenters. The van der Waals surface area contributed by atoms with Gasteiger partial charge in [0.25, 0.3) is 0 Å². The maximum absolute atomic E-state index is 10.8. The third-order valence-electron chi connectivity index (χ3n) is 2.62. The molecule has 1 spiro atoms. The first-order valence-electron chi connectivity index (χ1n) is 4.25. The smallest absolute Gasteiger partial charge is 0.311 e. The molecule has 4 nitrogen and oxygen atoms in total. The number of ether oxygens (including phenoxy) is 2. The van der Waals surface area contributed by atoms with Crippen molar-refractivity contribution >= 4 is 5.97 Å². The Morgan fingerprint density at radius 1 is 1.42 bits per heavy atom. The lowest BCUT2D eigenvalue weighted by Crippen LogP contribution is -2.38. The molecule has 1 N–H and O–H groups in total. The average molecular weight is 172 g/mol. The van der Waals surface area contributed by atoms with Gasteiger partial charge in [-0.25, -0.2) is 0 Å². The van der Waals surface area contributed by atoms with Gasteiger partial charge in [-0.3, -0.25) is 4.79 Å². The van der Waals surface area contributed by atoms with Crippen LogP contribution in [0.15, 0.2) is 0 Å². The number of aliphatic carboxylic acids is 1. The van der Waals surface area contributed by atoms with Crippen LogP contribution in [-0.2, 0) is 14.3 Å². The molecule has 0 radical (unpaired) electrons. The molecular weight excluding hydrogens is 160 g/mol. The predicted molar refractivity (Wildman–Crippen MR) is 39.6 cm³/mol. The topological polar surface area (TPSA) is 55.8 Å². The van der Waals surface area contributed by atoms with Crippen molar-refractivity contribution in [3.05, 3.63) is 0 Å². The number of hydrogen-bond acceptors (Lipinski definition) is 3. The second kappa shape index (κ2) is 2.71. The van der Waals surface area contributed by atoms with Crippen molar-refractivity contribution in [1.82, 2.24) is 0 Å². The van der Waals surface area contributed by atoms with Crippen molar-refractivity contribution < 1.29 is 19.4 Å². The quantitative estimate of drug-likeness (QED) is 0.629. The van der Waals surface area contributed by atoms with Gasteiger partial charge in [-0.2, -0.15) is 0 Å². The molecule has 4 heteroatoms. The van der Waals surface area contributed by atoms with Crippen LogP contribution in [0.3, 0.4) is 0 Å². The summed E-state index contributed by atoms with van der Waals surface area (Å²) in [6.45, 7) is 1.06. The predicted octanol–water partition coefficient (Wildman–Crippen LogP) is 0.614. The number of rotatable bonds is 1. The fourth-order valence-electron chi connectivity index (χ4n) is 2.07. The molecule has 0 bridgehead atoms. The zero-order valence-electron chi connectivity index (χ0n) is 6.78. The van der Waals surface area contributed by atoms with Crippen molar-refractivity contribution in [1.29, 1.82) is 0 Å². The summed E-state index contributed by atoms with van der Waals surface area (Å²) < 4.78 is 10.7. The van der Waals surface area contributed by atoms with Gasteiger partial charge in [0, 0.05) is 6.42 Å². The van der Waals surface area contributed by atoms with Crippen molar-refractivity contribution in [3.8, 4) is 0 Å². The summed E-state index contributed by atoms with van der Waals surface area (Å²) in [7, 11) is 0. The van der Waals surface area contributed by atoms with Gasteiger partial charge in [-0.1, -0.05) is 0 Å². The molecule has 2 rings (SSSR count). The Bertz CT molecular complexity index is 190. The van der Waals surface area contributed by atoms with Gasteiger partial charge < -0.3 is 14.6 Å². The molecule has 1 saturated heterocycles. The lowest BCUT2D eigenvalue weighted by molar-refractivity contribution is -0.195. The average Bonchev–Trinajstić information content (AvgIpc) is 2.61. The van der Waals surface area contributed by atoms with Crippen LogP contribution in [0.4, 0.5) is 0 Å². The number of carbonyl (C=O) groups is 1. The van der Waals surface area contributed by atoms with E-state index in [9.17, 15) is 4.79 Å². The van der Waals surface area contributed by atoms with Gasteiger partial charge in [0.05, 0.1) is 13.2 Å². The molecule has 1 atom stereocenters. The summed E-state index contributed by atoms with van der Waals surface area (Å²) >= 11 is 0. The molecule has 0 aromatic heterocycles. The van der Waals surface area contributed by atoms with Gasteiger partial charge in [-0.15, -0.1) is 0 Å². The van der Waals surface area contributed by atoms with E-state index in [2.05, 4.69) is 0 Å². The summed E-state index contributed by atoms with van der Waals surface area (Å²) in [5.41, 5.74) is 0. The van der Waals surface area contributed by atoms with Crippen LogP contribution < -0.4 is 0 Å². The Hall–Kier alpha value is -0.610. The number of hydrogen-bond donors (Lipinski definition) is 1. The van der Waals surface area contributed by atoms with E-state index < -0.39 is 17.7 Å². The summed E-state index contributed by atoms with van der Waals surface area (Å²) in [5, 5.41) is 8.88. The van der Waals surface area contributed by atoms with Crippen molar-refractivity contribution in [2.24, 2.45) is 5.92 Å². The zero-order valence-corrected chi connectivity index (χ0v) is 6.78. The lowest BCUT2D eigenvalue weighted by atomic mass is 10.0. The van der Waals surface area contributed by atoms with Crippen LogP contribution in [-0.4, -0.2) is 30.1 Å². The first kappa shape index (κ1) is 8.01. The van der Waals surface area contributed by atoms with Crippen LogP contribution in [0.25, 0.3) is 0 Å². The number of carboxylic acids is 1. The van der Waals surface area contributed by atoms with E-state index in [4.69, 9.17) is 14.6 Å². The highest BCUT2D eigenvalue weighted by Gasteiger charge is 2.51. The minimum absolute atomic E-state index is 0.458. The molecule has 0 aromatic rings. The van der Waals surface area contributed by atoms with Gasteiger partial charge in [0.2, 0.25) is 0 Å². The normalized spacial score (nSPS) is 32.8. The molecule has 2 fully saturated rings.